The quantitative estimate of drug-likeness (QED) is 0.787. The molecule has 2 N–H and O–H groups in total. The fourth-order valence-electron chi connectivity index (χ4n) is 2.62. The normalized spacial score (nSPS) is 10.4. The highest BCUT2D eigenvalue weighted by atomic mass is 16.1. The van der Waals surface area contributed by atoms with Gasteiger partial charge in [0, 0.05) is 24.3 Å². The molecule has 3 heteroatoms. The first-order valence-electron chi connectivity index (χ1n) is 8.35. The van der Waals surface area contributed by atoms with Gasteiger partial charge in [-0.2, -0.15) is 0 Å². The van der Waals surface area contributed by atoms with E-state index in [-0.39, 0.29) is 5.91 Å². The number of amides is 1. The number of nitrogens with one attached hydrogen (secondary N) is 2. The largest absolute Gasteiger partial charge is 0.384 e. The van der Waals surface area contributed by atoms with Gasteiger partial charge in [0.05, 0.1) is 0 Å². The second kappa shape index (κ2) is 8.37. The van der Waals surface area contributed by atoms with Crippen LogP contribution in [0.1, 0.15) is 37.0 Å². The van der Waals surface area contributed by atoms with Crippen LogP contribution < -0.4 is 10.6 Å². The van der Waals surface area contributed by atoms with E-state index in [4.69, 9.17) is 0 Å². The Morgan fingerprint density at radius 1 is 1.00 bits per heavy atom. The molecule has 0 bridgehead atoms. The maximum absolute atomic E-state index is 12.0. The first-order valence-corrected chi connectivity index (χ1v) is 8.35. The summed E-state index contributed by atoms with van der Waals surface area (Å²) >= 11 is 0. The Bertz CT molecular complexity index is 647. The zero-order valence-corrected chi connectivity index (χ0v) is 14.3. The van der Waals surface area contributed by atoms with Gasteiger partial charge in [0.2, 0.25) is 5.91 Å². The van der Waals surface area contributed by atoms with Crippen LogP contribution in [0.2, 0.25) is 0 Å². The minimum atomic E-state index is 0.0355. The second-order valence-corrected chi connectivity index (χ2v) is 5.74. The van der Waals surface area contributed by atoms with Crippen molar-refractivity contribution in [3.63, 3.8) is 0 Å². The molecule has 3 nitrogen and oxygen atoms in total. The zero-order chi connectivity index (χ0) is 16.7. The van der Waals surface area contributed by atoms with Gasteiger partial charge in [-0.3, -0.25) is 4.79 Å². The molecule has 23 heavy (non-hydrogen) atoms. The SMILES string of the molecule is CCc1ccc(NC(=O)CCNc2c(C)cccc2CC)cc1. The molecule has 1 amide bonds. The molecule has 0 aliphatic carbocycles. The van der Waals surface area contributed by atoms with Crippen LogP contribution in [-0.2, 0) is 17.6 Å². The Morgan fingerprint density at radius 2 is 1.74 bits per heavy atom. The average molecular weight is 310 g/mol. The van der Waals surface area contributed by atoms with E-state index < -0.39 is 0 Å². The van der Waals surface area contributed by atoms with Gasteiger partial charge >= 0.3 is 0 Å². The summed E-state index contributed by atoms with van der Waals surface area (Å²) in [6, 6.07) is 14.3. The minimum absolute atomic E-state index is 0.0355. The van der Waals surface area contributed by atoms with Gasteiger partial charge in [-0.05, 0) is 48.6 Å². The first kappa shape index (κ1) is 17.1. The molecule has 0 atom stereocenters. The van der Waals surface area contributed by atoms with E-state index in [0.717, 1.165) is 24.2 Å². The summed E-state index contributed by atoms with van der Waals surface area (Å²) in [5, 5.41) is 6.35. The molecule has 2 aromatic carbocycles. The number of benzene rings is 2. The van der Waals surface area contributed by atoms with E-state index in [1.54, 1.807) is 0 Å². The summed E-state index contributed by atoms with van der Waals surface area (Å²) in [5.74, 6) is 0.0355. The van der Waals surface area contributed by atoms with Gasteiger partial charge in [-0.25, -0.2) is 0 Å². The molecule has 0 spiro atoms. The second-order valence-electron chi connectivity index (χ2n) is 5.74. The molecule has 0 radical (unpaired) electrons. The Kier molecular flexibility index (Phi) is 6.21. The molecule has 0 unspecified atom stereocenters. The van der Waals surface area contributed by atoms with Crippen LogP contribution in [0.4, 0.5) is 11.4 Å². The third kappa shape index (κ3) is 4.85. The molecule has 0 aliphatic rings. The van der Waals surface area contributed by atoms with E-state index in [2.05, 4.69) is 61.7 Å². The average Bonchev–Trinajstić information content (AvgIpc) is 2.57. The van der Waals surface area contributed by atoms with E-state index in [9.17, 15) is 4.79 Å². The first-order chi connectivity index (χ1) is 11.1. The summed E-state index contributed by atoms with van der Waals surface area (Å²) in [6.45, 7) is 7.00. The summed E-state index contributed by atoms with van der Waals surface area (Å²) in [6.07, 6.45) is 2.45. The van der Waals surface area contributed by atoms with Gasteiger partial charge < -0.3 is 10.6 Å². The van der Waals surface area contributed by atoms with E-state index >= 15 is 0 Å². The lowest BCUT2D eigenvalue weighted by Crippen LogP contribution is -2.17. The third-order valence-electron chi connectivity index (χ3n) is 4.04. The maximum Gasteiger partial charge on any atom is 0.226 e. The number of anilines is 2. The van der Waals surface area contributed by atoms with Crippen LogP contribution in [-0.4, -0.2) is 12.5 Å². The van der Waals surface area contributed by atoms with Crippen LogP contribution >= 0.6 is 0 Å². The smallest absolute Gasteiger partial charge is 0.226 e. The molecular formula is C20H26N2O. The number of carbonyl (C=O) groups is 1. The summed E-state index contributed by atoms with van der Waals surface area (Å²) < 4.78 is 0. The van der Waals surface area contributed by atoms with Crippen molar-refractivity contribution >= 4 is 17.3 Å². The lowest BCUT2D eigenvalue weighted by molar-refractivity contribution is -0.115. The van der Waals surface area contributed by atoms with Crippen molar-refractivity contribution in [2.75, 3.05) is 17.2 Å². The van der Waals surface area contributed by atoms with Crippen LogP contribution in [0.5, 0.6) is 0 Å². The molecule has 0 aromatic heterocycles. The van der Waals surface area contributed by atoms with Gasteiger partial charge in [0.25, 0.3) is 0 Å². The van der Waals surface area contributed by atoms with E-state index in [1.165, 1.54) is 16.7 Å². The molecular weight excluding hydrogens is 284 g/mol. The molecule has 0 saturated heterocycles. The maximum atomic E-state index is 12.0. The topological polar surface area (TPSA) is 41.1 Å². The highest BCUT2D eigenvalue weighted by Gasteiger charge is 2.06. The van der Waals surface area contributed by atoms with Crippen molar-refractivity contribution in [1.82, 2.24) is 0 Å². The van der Waals surface area contributed by atoms with Crippen LogP contribution in [0.25, 0.3) is 0 Å². The molecule has 0 saturated carbocycles. The number of hydrogen-bond donors (Lipinski definition) is 2. The number of para-hydroxylation sites is 1. The lowest BCUT2D eigenvalue weighted by Gasteiger charge is -2.14. The number of rotatable bonds is 7. The Hall–Kier alpha value is -2.29. The van der Waals surface area contributed by atoms with E-state index in [0.29, 0.717) is 13.0 Å². The van der Waals surface area contributed by atoms with Gasteiger partial charge in [-0.1, -0.05) is 44.2 Å². The summed E-state index contributed by atoms with van der Waals surface area (Å²) in [4.78, 5) is 12.0. The van der Waals surface area contributed by atoms with Crippen molar-refractivity contribution in [3.8, 4) is 0 Å². The van der Waals surface area contributed by atoms with Crippen molar-refractivity contribution < 1.29 is 4.79 Å². The lowest BCUT2D eigenvalue weighted by atomic mass is 10.1. The van der Waals surface area contributed by atoms with Crippen LogP contribution in [0, 0.1) is 6.92 Å². The molecule has 0 heterocycles. The number of carbonyl (C=O) groups excluding carboxylic acids is 1. The fourth-order valence-corrected chi connectivity index (χ4v) is 2.62. The van der Waals surface area contributed by atoms with Gasteiger partial charge in [-0.15, -0.1) is 0 Å². The summed E-state index contributed by atoms with van der Waals surface area (Å²) in [7, 11) is 0. The monoisotopic (exact) mass is 310 g/mol. The van der Waals surface area contributed by atoms with Gasteiger partial charge in [0.15, 0.2) is 0 Å². The highest BCUT2D eigenvalue weighted by Crippen LogP contribution is 2.21. The molecule has 0 fully saturated rings. The van der Waals surface area contributed by atoms with Gasteiger partial charge in [0.1, 0.15) is 0 Å². The third-order valence-corrected chi connectivity index (χ3v) is 4.04. The summed E-state index contributed by atoms with van der Waals surface area (Å²) in [5.41, 5.74) is 5.81. The highest BCUT2D eigenvalue weighted by molar-refractivity contribution is 5.91. The van der Waals surface area contributed by atoms with Crippen LogP contribution in [0.15, 0.2) is 42.5 Å². The van der Waals surface area contributed by atoms with Crippen molar-refractivity contribution in [3.05, 3.63) is 59.2 Å². The Morgan fingerprint density at radius 3 is 2.39 bits per heavy atom. The molecule has 2 rings (SSSR count). The molecule has 2 aromatic rings. The van der Waals surface area contributed by atoms with Crippen molar-refractivity contribution in [1.29, 1.82) is 0 Å². The Balaban J connectivity index is 1.85. The fraction of sp³-hybridized carbons (Fsp3) is 0.350. The molecule has 0 aliphatic heterocycles. The Labute approximate surface area is 139 Å². The predicted molar refractivity (Wildman–Crippen MR) is 98.1 cm³/mol. The van der Waals surface area contributed by atoms with Crippen molar-refractivity contribution in [2.45, 2.75) is 40.0 Å². The number of aryl methyl sites for hydroxylation is 3. The minimum Gasteiger partial charge on any atom is -0.384 e. The predicted octanol–water partition coefficient (Wildman–Crippen LogP) is 4.56. The number of hydrogen-bond acceptors (Lipinski definition) is 2. The zero-order valence-electron chi connectivity index (χ0n) is 14.3. The molecule has 122 valence electrons. The van der Waals surface area contributed by atoms with E-state index in [1.807, 2.05) is 12.1 Å². The van der Waals surface area contributed by atoms with Crippen molar-refractivity contribution in [2.24, 2.45) is 0 Å². The standard InChI is InChI=1S/C20H26N2O/c1-4-16-9-11-18(12-10-16)22-19(23)13-14-21-20-15(3)7-6-8-17(20)5-2/h6-12,21H,4-5,13-14H2,1-3H3,(H,22,23). The van der Waals surface area contributed by atoms with Crippen LogP contribution in [0.3, 0.4) is 0 Å².